The molecule has 2 nitrogen and oxygen atoms in total. The number of hydrogen-bond donors (Lipinski definition) is 1. The first-order valence-electron chi connectivity index (χ1n) is 6.67. The Labute approximate surface area is 109 Å². The minimum Gasteiger partial charge on any atom is -0.384 e. The molecule has 0 saturated heterocycles. The molecule has 0 saturated carbocycles. The van der Waals surface area contributed by atoms with Crippen LogP contribution in [0.4, 0.5) is 10.1 Å². The Morgan fingerprint density at radius 2 is 2.17 bits per heavy atom. The van der Waals surface area contributed by atoms with E-state index in [-0.39, 0.29) is 11.2 Å². The molecule has 1 aliphatic heterocycles. The van der Waals surface area contributed by atoms with Gasteiger partial charge < -0.3 is 10.2 Å². The number of halogens is 1. The fourth-order valence-corrected chi connectivity index (χ4v) is 2.56. The van der Waals surface area contributed by atoms with Crippen molar-refractivity contribution in [1.82, 2.24) is 4.90 Å². The van der Waals surface area contributed by atoms with E-state index in [1.165, 1.54) is 0 Å². The molecular weight excluding hydrogens is 227 g/mol. The van der Waals surface area contributed by atoms with Crippen molar-refractivity contribution >= 4 is 5.69 Å². The van der Waals surface area contributed by atoms with Crippen LogP contribution < -0.4 is 5.32 Å². The van der Waals surface area contributed by atoms with Crippen molar-refractivity contribution in [2.75, 3.05) is 25.5 Å². The second-order valence-electron chi connectivity index (χ2n) is 5.90. The first-order chi connectivity index (χ1) is 8.44. The molecule has 1 heterocycles. The molecule has 0 spiro atoms. The van der Waals surface area contributed by atoms with Crippen LogP contribution in [-0.2, 0) is 5.41 Å². The summed E-state index contributed by atoms with van der Waals surface area (Å²) in [5.41, 5.74) is 1.73. The Kier molecular flexibility index (Phi) is 3.62. The van der Waals surface area contributed by atoms with E-state index in [1.807, 2.05) is 6.07 Å². The molecule has 18 heavy (non-hydrogen) atoms. The van der Waals surface area contributed by atoms with Gasteiger partial charge in [-0.25, -0.2) is 4.39 Å². The summed E-state index contributed by atoms with van der Waals surface area (Å²) in [5, 5.41) is 3.33. The Balaban J connectivity index is 2.15. The molecule has 3 heteroatoms. The first kappa shape index (κ1) is 13.3. The third-order valence-corrected chi connectivity index (χ3v) is 4.18. The van der Waals surface area contributed by atoms with Crippen molar-refractivity contribution in [2.24, 2.45) is 0 Å². The molecule has 0 aromatic heterocycles. The van der Waals surface area contributed by atoms with Gasteiger partial charge in [-0.05, 0) is 46.0 Å². The van der Waals surface area contributed by atoms with E-state index < -0.39 is 0 Å². The topological polar surface area (TPSA) is 15.3 Å². The van der Waals surface area contributed by atoms with Crippen molar-refractivity contribution in [2.45, 2.75) is 38.6 Å². The zero-order valence-corrected chi connectivity index (χ0v) is 11.8. The first-order valence-corrected chi connectivity index (χ1v) is 6.67. The van der Waals surface area contributed by atoms with E-state index in [4.69, 9.17) is 0 Å². The van der Waals surface area contributed by atoms with Crippen LogP contribution in [0.25, 0.3) is 0 Å². The number of hydrogen-bond acceptors (Lipinski definition) is 2. The number of anilines is 1. The second-order valence-corrected chi connectivity index (χ2v) is 5.90. The normalized spacial score (nSPS) is 22.4. The van der Waals surface area contributed by atoms with Gasteiger partial charge in [-0.1, -0.05) is 13.0 Å². The van der Waals surface area contributed by atoms with Gasteiger partial charge in [0.25, 0.3) is 0 Å². The zero-order chi connectivity index (χ0) is 13.3. The minimum absolute atomic E-state index is 0.0767. The van der Waals surface area contributed by atoms with E-state index in [0.29, 0.717) is 6.04 Å². The van der Waals surface area contributed by atoms with Gasteiger partial charge in [-0.15, -0.1) is 0 Å². The molecule has 1 aliphatic rings. The standard InChI is InChI=1S/C15H23FN2/c1-11(2)18(4)9-8-15(3)10-17-13-7-5-6-12(16)14(13)15/h5-7,11,17H,8-10H2,1-4H3. The minimum atomic E-state index is -0.0934. The van der Waals surface area contributed by atoms with Gasteiger partial charge in [-0.3, -0.25) is 0 Å². The number of benzene rings is 1. The third kappa shape index (κ3) is 2.37. The molecule has 1 atom stereocenters. The fourth-order valence-electron chi connectivity index (χ4n) is 2.56. The Bertz CT molecular complexity index is 431. The fraction of sp³-hybridized carbons (Fsp3) is 0.600. The quantitative estimate of drug-likeness (QED) is 0.882. The molecule has 0 fully saturated rings. The van der Waals surface area contributed by atoms with Crippen LogP contribution in [-0.4, -0.2) is 31.1 Å². The lowest BCUT2D eigenvalue weighted by molar-refractivity contribution is 0.246. The Hall–Kier alpha value is -1.09. The van der Waals surface area contributed by atoms with Crippen LogP contribution in [0.3, 0.4) is 0 Å². The molecule has 1 aromatic rings. The van der Waals surface area contributed by atoms with Crippen LogP contribution in [0, 0.1) is 5.82 Å². The Morgan fingerprint density at radius 3 is 2.83 bits per heavy atom. The lowest BCUT2D eigenvalue weighted by Crippen LogP contribution is -2.34. The summed E-state index contributed by atoms with van der Waals surface area (Å²) >= 11 is 0. The van der Waals surface area contributed by atoms with Crippen molar-refractivity contribution in [3.63, 3.8) is 0 Å². The molecule has 0 radical (unpaired) electrons. The highest BCUT2D eigenvalue weighted by Crippen LogP contribution is 2.40. The molecule has 1 N–H and O–H groups in total. The summed E-state index contributed by atoms with van der Waals surface area (Å²) in [6.07, 6.45) is 0.975. The van der Waals surface area contributed by atoms with Crippen LogP contribution in [0.5, 0.6) is 0 Å². The number of fused-ring (bicyclic) bond motifs is 1. The number of nitrogens with one attached hydrogen (secondary N) is 1. The number of nitrogens with zero attached hydrogens (tertiary/aromatic N) is 1. The third-order valence-electron chi connectivity index (χ3n) is 4.18. The lowest BCUT2D eigenvalue weighted by atomic mass is 9.81. The van der Waals surface area contributed by atoms with Gasteiger partial charge in [0.05, 0.1) is 0 Å². The molecule has 0 aliphatic carbocycles. The van der Waals surface area contributed by atoms with E-state index >= 15 is 0 Å². The van der Waals surface area contributed by atoms with Gasteiger partial charge in [0.1, 0.15) is 5.82 Å². The summed E-state index contributed by atoms with van der Waals surface area (Å²) in [6, 6.07) is 5.84. The van der Waals surface area contributed by atoms with E-state index in [2.05, 4.69) is 38.0 Å². The average molecular weight is 250 g/mol. The predicted octanol–water partition coefficient (Wildman–Crippen LogP) is 3.24. The summed E-state index contributed by atoms with van der Waals surface area (Å²) in [4.78, 5) is 2.31. The number of rotatable bonds is 4. The summed E-state index contributed by atoms with van der Waals surface area (Å²) in [5.74, 6) is -0.0767. The summed E-state index contributed by atoms with van der Waals surface area (Å²) in [6.45, 7) is 8.34. The average Bonchev–Trinajstić information content (AvgIpc) is 2.66. The van der Waals surface area contributed by atoms with E-state index in [1.54, 1.807) is 12.1 Å². The molecule has 0 bridgehead atoms. The van der Waals surface area contributed by atoms with Gasteiger partial charge in [-0.2, -0.15) is 0 Å². The maximum absolute atomic E-state index is 14.0. The molecule has 2 rings (SSSR count). The van der Waals surface area contributed by atoms with Crippen LogP contribution >= 0.6 is 0 Å². The van der Waals surface area contributed by atoms with Gasteiger partial charge in [0, 0.05) is 29.3 Å². The van der Waals surface area contributed by atoms with E-state index in [0.717, 1.165) is 30.8 Å². The lowest BCUT2D eigenvalue weighted by Gasteiger charge is -2.29. The van der Waals surface area contributed by atoms with E-state index in [9.17, 15) is 4.39 Å². The van der Waals surface area contributed by atoms with Crippen LogP contribution in [0.2, 0.25) is 0 Å². The molecule has 100 valence electrons. The second kappa shape index (κ2) is 4.88. The van der Waals surface area contributed by atoms with Crippen molar-refractivity contribution in [3.05, 3.63) is 29.6 Å². The van der Waals surface area contributed by atoms with Crippen molar-refractivity contribution in [3.8, 4) is 0 Å². The van der Waals surface area contributed by atoms with Crippen molar-refractivity contribution in [1.29, 1.82) is 0 Å². The molecule has 0 amide bonds. The SMILES string of the molecule is CC(C)N(C)CCC1(C)CNc2cccc(F)c21. The maximum Gasteiger partial charge on any atom is 0.129 e. The molecular formula is C15H23FN2. The molecule has 1 unspecified atom stereocenters. The van der Waals surface area contributed by atoms with Crippen LogP contribution in [0.15, 0.2) is 18.2 Å². The van der Waals surface area contributed by atoms with Crippen LogP contribution in [0.1, 0.15) is 32.8 Å². The Morgan fingerprint density at radius 1 is 1.44 bits per heavy atom. The van der Waals surface area contributed by atoms with Gasteiger partial charge in [0.2, 0.25) is 0 Å². The van der Waals surface area contributed by atoms with Gasteiger partial charge >= 0.3 is 0 Å². The smallest absolute Gasteiger partial charge is 0.129 e. The monoisotopic (exact) mass is 250 g/mol. The van der Waals surface area contributed by atoms with Gasteiger partial charge in [0.15, 0.2) is 0 Å². The largest absolute Gasteiger partial charge is 0.384 e. The summed E-state index contributed by atoms with van der Waals surface area (Å²) < 4.78 is 14.0. The molecule has 1 aromatic carbocycles. The predicted molar refractivity (Wildman–Crippen MR) is 74.6 cm³/mol. The maximum atomic E-state index is 14.0. The zero-order valence-electron chi connectivity index (χ0n) is 11.8. The highest BCUT2D eigenvalue weighted by Gasteiger charge is 2.36. The summed E-state index contributed by atoms with van der Waals surface area (Å²) in [7, 11) is 2.12. The highest BCUT2D eigenvalue weighted by molar-refractivity contribution is 5.60. The highest BCUT2D eigenvalue weighted by atomic mass is 19.1. The van der Waals surface area contributed by atoms with Crippen molar-refractivity contribution < 1.29 is 4.39 Å².